The summed E-state index contributed by atoms with van der Waals surface area (Å²) in [6, 6.07) is 0.408. The molecule has 2 rings (SSSR count). The predicted octanol–water partition coefficient (Wildman–Crippen LogP) is 2.33. The summed E-state index contributed by atoms with van der Waals surface area (Å²) >= 11 is 0. The van der Waals surface area contributed by atoms with E-state index in [0.717, 1.165) is 31.5 Å². The van der Waals surface area contributed by atoms with E-state index in [1.807, 2.05) is 13.8 Å². The molecule has 1 aliphatic heterocycles. The maximum Gasteiger partial charge on any atom is 0.323 e. The minimum Gasteiger partial charge on any atom is -0.464 e. The van der Waals surface area contributed by atoms with Crippen LogP contribution in [0.15, 0.2) is 0 Å². The summed E-state index contributed by atoms with van der Waals surface area (Å²) in [7, 11) is 0. The van der Waals surface area contributed by atoms with Gasteiger partial charge in [0.1, 0.15) is 0 Å². The Balaban J connectivity index is 2.13. The van der Waals surface area contributed by atoms with Crippen LogP contribution >= 0.6 is 0 Å². The van der Waals surface area contributed by atoms with E-state index in [9.17, 15) is 0 Å². The van der Waals surface area contributed by atoms with Crippen molar-refractivity contribution in [3.63, 3.8) is 0 Å². The first-order valence-electron chi connectivity index (χ1n) is 7.64. The average molecular weight is 279 g/mol. The molecule has 0 spiro atoms. The first-order chi connectivity index (χ1) is 9.76. The molecule has 0 bridgehead atoms. The summed E-state index contributed by atoms with van der Waals surface area (Å²) < 4.78 is 5.44. The summed E-state index contributed by atoms with van der Waals surface area (Å²) in [6.45, 7) is 9.60. The van der Waals surface area contributed by atoms with E-state index in [4.69, 9.17) is 4.74 Å². The third-order valence-corrected chi connectivity index (χ3v) is 3.69. The van der Waals surface area contributed by atoms with Crippen LogP contribution in [-0.2, 0) is 0 Å². The third kappa shape index (κ3) is 3.71. The van der Waals surface area contributed by atoms with Crippen molar-refractivity contribution < 1.29 is 4.74 Å². The Morgan fingerprint density at radius 2 is 1.90 bits per heavy atom. The van der Waals surface area contributed by atoms with Gasteiger partial charge in [-0.3, -0.25) is 0 Å². The molecule has 0 radical (unpaired) electrons. The van der Waals surface area contributed by atoms with Crippen molar-refractivity contribution in [1.29, 1.82) is 0 Å². The Bertz CT molecular complexity index is 394. The van der Waals surface area contributed by atoms with Gasteiger partial charge in [-0.25, -0.2) is 0 Å². The molecule has 112 valence electrons. The number of hydrogen-bond donors (Lipinski definition) is 1. The number of aromatic nitrogens is 3. The Morgan fingerprint density at radius 3 is 2.50 bits per heavy atom. The molecule has 0 unspecified atom stereocenters. The molecule has 0 amide bonds. The van der Waals surface area contributed by atoms with Crippen LogP contribution in [0.3, 0.4) is 0 Å². The number of nitrogens with one attached hydrogen (secondary N) is 1. The molecule has 0 aliphatic carbocycles. The summed E-state index contributed by atoms with van der Waals surface area (Å²) in [4.78, 5) is 15.4. The molecule has 1 aromatic heterocycles. The summed E-state index contributed by atoms with van der Waals surface area (Å²) in [5.41, 5.74) is 0. The number of ether oxygens (including phenoxy) is 1. The highest BCUT2D eigenvalue weighted by Gasteiger charge is 2.21. The van der Waals surface area contributed by atoms with Gasteiger partial charge in [0.25, 0.3) is 0 Å². The zero-order valence-corrected chi connectivity index (χ0v) is 12.7. The fraction of sp³-hybridized carbons (Fsp3) is 0.786. The van der Waals surface area contributed by atoms with Gasteiger partial charge in [-0.05, 0) is 32.6 Å². The third-order valence-electron chi connectivity index (χ3n) is 3.69. The fourth-order valence-electron chi connectivity index (χ4n) is 2.46. The normalized spacial score (nSPS) is 16.2. The number of hydrogen-bond acceptors (Lipinski definition) is 6. The second-order valence-corrected chi connectivity index (χ2v) is 5.04. The molecule has 0 saturated carbocycles. The lowest BCUT2D eigenvalue weighted by atomic mass is 9.95. The van der Waals surface area contributed by atoms with Gasteiger partial charge < -0.3 is 15.0 Å². The molecule has 0 atom stereocenters. The fourth-order valence-corrected chi connectivity index (χ4v) is 2.46. The zero-order valence-electron chi connectivity index (χ0n) is 12.7. The van der Waals surface area contributed by atoms with Crippen molar-refractivity contribution >= 4 is 11.9 Å². The van der Waals surface area contributed by atoms with Crippen molar-refractivity contribution in [3.8, 4) is 6.01 Å². The van der Waals surface area contributed by atoms with Crippen molar-refractivity contribution in [3.05, 3.63) is 0 Å². The van der Waals surface area contributed by atoms with Crippen LogP contribution in [0.5, 0.6) is 6.01 Å². The monoisotopic (exact) mass is 279 g/mol. The highest BCUT2D eigenvalue weighted by Crippen LogP contribution is 2.24. The standard InChI is InChI=1S/C14H25N5O/c1-4-11-7-9-19(10-8-11)13-16-12(15-5-2)17-14(18-13)20-6-3/h11H,4-10H2,1-3H3,(H,15,16,17,18). The van der Waals surface area contributed by atoms with Crippen LogP contribution in [0.4, 0.5) is 11.9 Å². The molecule has 1 N–H and O–H groups in total. The SMILES string of the molecule is CCNc1nc(OCC)nc(N2CCC(CC)CC2)n1. The van der Waals surface area contributed by atoms with Gasteiger partial charge in [0.2, 0.25) is 11.9 Å². The van der Waals surface area contributed by atoms with Crippen LogP contribution in [-0.4, -0.2) is 41.2 Å². The van der Waals surface area contributed by atoms with Crippen LogP contribution < -0.4 is 15.0 Å². The van der Waals surface area contributed by atoms with E-state index >= 15 is 0 Å². The second kappa shape index (κ2) is 7.26. The van der Waals surface area contributed by atoms with E-state index in [2.05, 4.69) is 32.1 Å². The molecule has 6 nitrogen and oxygen atoms in total. The van der Waals surface area contributed by atoms with Gasteiger partial charge in [-0.2, -0.15) is 15.0 Å². The Morgan fingerprint density at radius 1 is 1.15 bits per heavy atom. The van der Waals surface area contributed by atoms with E-state index < -0.39 is 0 Å². The van der Waals surface area contributed by atoms with Crippen molar-refractivity contribution in [2.24, 2.45) is 5.92 Å². The largest absolute Gasteiger partial charge is 0.464 e. The maximum atomic E-state index is 5.44. The molecule has 1 fully saturated rings. The number of anilines is 2. The Kier molecular flexibility index (Phi) is 5.38. The highest BCUT2D eigenvalue weighted by atomic mass is 16.5. The number of nitrogens with zero attached hydrogens (tertiary/aromatic N) is 4. The molecule has 1 saturated heterocycles. The lowest BCUT2D eigenvalue weighted by Crippen LogP contribution is -2.35. The second-order valence-electron chi connectivity index (χ2n) is 5.04. The Labute approximate surface area is 121 Å². The van der Waals surface area contributed by atoms with Gasteiger partial charge in [0.15, 0.2) is 0 Å². The molecular formula is C14H25N5O. The van der Waals surface area contributed by atoms with Gasteiger partial charge >= 0.3 is 6.01 Å². The molecule has 1 aromatic rings. The van der Waals surface area contributed by atoms with E-state index in [1.54, 1.807) is 0 Å². The van der Waals surface area contributed by atoms with Gasteiger partial charge in [-0.1, -0.05) is 13.3 Å². The lowest BCUT2D eigenvalue weighted by Gasteiger charge is -2.31. The number of piperidine rings is 1. The van der Waals surface area contributed by atoms with Crippen LogP contribution in [0.1, 0.15) is 40.0 Å². The molecule has 0 aromatic carbocycles. The van der Waals surface area contributed by atoms with Crippen LogP contribution in [0.25, 0.3) is 0 Å². The highest BCUT2D eigenvalue weighted by molar-refractivity contribution is 5.38. The predicted molar refractivity (Wildman–Crippen MR) is 80.4 cm³/mol. The van der Waals surface area contributed by atoms with Gasteiger partial charge in [0.05, 0.1) is 6.61 Å². The van der Waals surface area contributed by atoms with E-state index in [-0.39, 0.29) is 0 Å². The minimum atomic E-state index is 0.408. The topological polar surface area (TPSA) is 63.2 Å². The first kappa shape index (κ1) is 14.8. The summed E-state index contributed by atoms with van der Waals surface area (Å²) in [5, 5.41) is 3.14. The van der Waals surface area contributed by atoms with Gasteiger partial charge in [-0.15, -0.1) is 0 Å². The van der Waals surface area contributed by atoms with Crippen molar-refractivity contribution in [1.82, 2.24) is 15.0 Å². The number of rotatable bonds is 6. The lowest BCUT2D eigenvalue weighted by molar-refractivity contribution is 0.311. The van der Waals surface area contributed by atoms with Crippen molar-refractivity contribution in [2.45, 2.75) is 40.0 Å². The summed E-state index contributed by atoms with van der Waals surface area (Å²) in [5.74, 6) is 2.17. The first-order valence-corrected chi connectivity index (χ1v) is 7.64. The maximum absolute atomic E-state index is 5.44. The molecule has 6 heteroatoms. The smallest absolute Gasteiger partial charge is 0.323 e. The average Bonchev–Trinajstić information content (AvgIpc) is 2.48. The zero-order chi connectivity index (χ0) is 14.4. The molecule has 1 aliphatic rings. The van der Waals surface area contributed by atoms with Crippen molar-refractivity contribution in [2.75, 3.05) is 36.5 Å². The summed E-state index contributed by atoms with van der Waals surface area (Å²) in [6.07, 6.45) is 3.68. The molecular weight excluding hydrogens is 254 g/mol. The van der Waals surface area contributed by atoms with E-state index in [1.165, 1.54) is 19.3 Å². The Hall–Kier alpha value is -1.59. The van der Waals surface area contributed by atoms with E-state index in [0.29, 0.717) is 18.6 Å². The van der Waals surface area contributed by atoms with Crippen LogP contribution in [0, 0.1) is 5.92 Å². The quantitative estimate of drug-likeness (QED) is 0.862. The minimum absolute atomic E-state index is 0.408. The molecule has 2 heterocycles. The van der Waals surface area contributed by atoms with Crippen LogP contribution in [0.2, 0.25) is 0 Å². The van der Waals surface area contributed by atoms with Gasteiger partial charge in [0, 0.05) is 19.6 Å². The molecule has 20 heavy (non-hydrogen) atoms.